The summed E-state index contributed by atoms with van der Waals surface area (Å²) in [5, 5.41) is 11.4. The molecule has 2 aliphatic rings. The van der Waals surface area contributed by atoms with Crippen LogP contribution in [0.15, 0.2) is 72.3 Å². The quantitative estimate of drug-likeness (QED) is 0.272. The molecule has 196 valence electrons. The van der Waals surface area contributed by atoms with Gasteiger partial charge in [0.2, 0.25) is 0 Å². The van der Waals surface area contributed by atoms with Crippen LogP contribution < -0.4 is 18.9 Å². The van der Waals surface area contributed by atoms with Gasteiger partial charge in [0.25, 0.3) is 11.7 Å². The highest BCUT2D eigenvalue weighted by Gasteiger charge is 2.46. The van der Waals surface area contributed by atoms with Crippen LogP contribution in [0.3, 0.4) is 0 Å². The number of benzene rings is 3. The van der Waals surface area contributed by atoms with E-state index in [9.17, 15) is 14.7 Å². The summed E-state index contributed by atoms with van der Waals surface area (Å²) in [6.07, 6.45) is -0.0118. The van der Waals surface area contributed by atoms with Crippen LogP contribution in [0.2, 0.25) is 0 Å². The maximum Gasteiger partial charge on any atom is 0.295 e. The molecule has 2 heterocycles. The first-order chi connectivity index (χ1) is 18.4. The van der Waals surface area contributed by atoms with Crippen LogP contribution >= 0.6 is 0 Å². The first-order valence-electron chi connectivity index (χ1n) is 12.4. The summed E-state index contributed by atoms with van der Waals surface area (Å²) in [5.41, 5.74) is 1.77. The molecule has 38 heavy (non-hydrogen) atoms. The molecule has 8 heteroatoms. The van der Waals surface area contributed by atoms with E-state index in [1.54, 1.807) is 49.6 Å². The predicted molar refractivity (Wildman–Crippen MR) is 140 cm³/mol. The molecule has 0 spiro atoms. The van der Waals surface area contributed by atoms with Crippen molar-refractivity contribution in [3.63, 3.8) is 0 Å². The molecular formula is C30H29NO7. The highest BCUT2D eigenvalue weighted by molar-refractivity contribution is 6.46. The van der Waals surface area contributed by atoms with Crippen molar-refractivity contribution in [1.82, 2.24) is 4.90 Å². The van der Waals surface area contributed by atoms with Gasteiger partial charge in [-0.1, -0.05) is 24.3 Å². The molecule has 0 aromatic heterocycles. The summed E-state index contributed by atoms with van der Waals surface area (Å²) in [7, 11) is 1.55. The van der Waals surface area contributed by atoms with Gasteiger partial charge in [-0.05, 0) is 67.4 Å². The van der Waals surface area contributed by atoms with Gasteiger partial charge in [0.1, 0.15) is 30.5 Å². The maximum atomic E-state index is 13.4. The van der Waals surface area contributed by atoms with Crippen molar-refractivity contribution in [2.45, 2.75) is 32.5 Å². The van der Waals surface area contributed by atoms with Crippen molar-refractivity contribution in [3.8, 4) is 23.0 Å². The van der Waals surface area contributed by atoms with Gasteiger partial charge in [-0.3, -0.25) is 9.59 Å². The van der Waals surface area contributed by atoms with E-state index in [0.717, 1.165) is 5.56 Å². The Labute approximate surface area is 221 Å². The third-order valence-corrected chi connectivity index (χ3v) is 6.39. The van der Waals surface area contributed by atoms with E-state index in [-0.39, 0.29) is 24.0 Å². The number of ketones is 1. The number of likely N-dealkylation sites (tertiary alicyclic amines) is 1. The van der Waals surface area contributed by atoms with Crippen molar-refractivity contribution >= 4 is 17.4 Å². The number of hydrogen-bond acceptors (Lipinski definition) is 7. The van der Waals surface area contributed by atoms with E-state index in [1.807, 2.05) is 38.1 Å². The van der Waals surface area contributed by atoms with Gasteiger partial charge in [-0.2, -0.15) is 0 Å². The maximum absolute atomic E-state index is 13.4. The predicted octanol–water partition coefficient (Wildman–Crippen LogP) is 4.88. The Bertz CT molecular complexity index is 1410. The lowest BCUT2D eigenvalue weighted by molar-refractivity contribution is -0.140. The Morgan fingerprint density at radius 1 is 0.974 bits per heavy atom. The van der Waals surface area contributed by atoms with Gasteiger partial charge in [0, 0.05) is 12.1 Å². The molecule has 1 amide bonds. The lowest BCUT2D eigenvalue weighted by Gasteiger charge is -2.26. The minimum Gasteiger partial charge on any atom is -0.507 e. The third kappa shape index (κ3) is 4.89. The Balaban J connectivity index is 1.60. The number of carbonyl (C=O) groups is 2. The molecule has 1 atom stereocenters. The highest BCUT2D eigenvalue weighted by atomic mass is 16.6. The average molecular weight is 516 g/mol. The standard InChI is InChI=1S/C30H29NO7/c1-18(2)38-23-9-4-6-19(14-23)17-31-27(20-7-5-8-22(15-20)35-3)26(29(33)30(31)34)28(32)21-10-11-24-25(16-21)37-13-12-36-24/h4-11,14-16,18,27,32H,12-13,17H2,1-3H3/b28-26-. The molecule has 0 aliphatic carbocycles. The van der Waals surface area contributed by atoms with Crippen LogP contribution in [0.25, 0.3) is 5.76 Å². The Morgan fingerprint density at radius 3 is 2.47 bits per heavy atom. The molecule has 0 bridgehead atoms. The van der Waals surface area contributed by atoms with Crippen LogP contribution in [0.1, 0.15) is 36.6 Å². The summed E-state index contributed by atoms with van der Waals surface area (Å²) < 4.78 is 22.5. The largest absolute Gasteiger partial charge is 0.507 e. The zero-order valence-electron chi connectivity index (χ0n) is 21.5. The van der Waals surface area contributed by atoms with Gasteiger partial charge in [-0.25, -0.2) is 0 Å². The summed E-state index contributed by atoms with van der Waals surface area (Å²) in [4.78, 5) is 28.3. The molecule has 2 aliphatic heterocycles. The van der Waals surface area contributed by atoms with E-state index in [0.29, 0.717) is 47.3 Å². The zero-order chi connectivity index (χ0) is 26.8. The van der Waals surface area contributed by atoms with E-state index < -0.39 is 17.7 Å². The fourth-order valence-corrected chi connectivity index (χ4v) is 4.73. The van der Waals surface area contributed by atoms with Crippen molar-refractivity contribution in [3.05, 3.63) is 89.0 Å². The van der Waals surface area contributed by atoms with Crippen molar-refractivity contribution in [2.75, 3.05) is 20.3 Å². The van der Waals surface area contributed by atoms with Gasteiger partial charge in [0.15, 0.2) is 11.5 Å². The molecule has 8 nitrogen and oxygen atoms in total. The normalized spacial score (nSPS) is 18.1. The Kier molecular flexibility index (Phi) is 6.96. The smallest absolute Gasteiger partial charge is 0.295 e. The minimum absolute atomic E-state index is 0.00508. The molecule has 1 fully saturated rings. The Hall–Kier alpha value is -4.46. The second-order valence-electron chi connectivity index (χ2n) is 9.38. The first-order valence-corrected chi connectivity index (χ1v) is 12.4. The van der Waals surface area contributed by atoms with Gasteiger partial charge in [0.05, 0.1) is 24.8 Å². The molecule has 1 N–H and O–H groups in total. The van der Waals surface area contributed by atoms with E-state index in [2.05, 4.69) is 0 Å². The number of rotatable bonds is 7. The number of ether oxygens (including phenoxy) is 4. The zero-order valence-corrected chi connectivity index (χ0v) is 21.5. The summed E-state index contributed by atoms with van der Waals surface area (Å²) in [6, 6.07) is 18.7. The Morgan fingerprint density at radius 2 is 1.71 bits per heavy atom. The monoisotopic (exact) mass is 515 g/mol. The van der Waals surface area contributed by atoms with Crippen LogP contribution in [0, 0.1) is 0 Å². The molecule has 1 unspecified atom stereocenters. The third-order valence-electron chi connectivity index (χ3n) is 6.39. The van der Waals surface area contributed by atoms with Crippen LogP contribution in [-0.4, -0.2) is 48.1 Å². The summed E-state index contributed by atoms with van der Waals surface area (Å²) >= 11 is 0. The fourth-order valence-electron chi connectivity index (χ4n) is 4.73. The van der Waals surface area contributed by atoms with Crippen LogP contribution in [0.5, 0.6) is 23.0 Å². The molecule has 0 saturated carbocycles. The van der Waals surface area contributed by atoms with Gasteiger partial charge < -0.3 is 29.0 Å². The van der Waals surface area contributed by atoms with Crippen molar-refractivity contribution in [2.24, 2.45) is 0 Å². The number of nitrogens with zero attached hydrogens (tertiary/aromatic N) is 1. The lowest BCUT2D eigenvalue weighted by Crippen LogP contribution is -2.29. The van der Waals surface area contributed by atoms with E-state index in [4.69, 9.17) is 18.9 Å². The van der Waals surface area contributed by atoms with Crippen molar-refractivity contribution < 1.29 is 33.6 Å². The second-order valence-corrected chi connectivity index (χ2v) is 9.38. The number of aliphatic hydroxyl groups excluding tert-OH is 1. The number of methoxy groups -OCH3 is 1. The molecule has 5 rings (SSSR count). The van der Waals surface area contributed by atoms with Crippen LogP contribution in [0.4, 0.5) is 0 Å². The molecule has 1 saturated heterocycles. The lowest BCUT2D eigenvalue weighted by atomic mass is 9.94. The fraction of sp³-hybridized carbons (Fsp3) is 0.267. The summed E-state index contributed by atoms with van der Waals surface area (Å²) in [6.45, 7) is 4.82. The number of hydrogen-bond donors (Lipinski definition) is 1. The minimum atomic E-state index is -0.840. The molecular weight excluding hydrogens is 486 g/mol. The number of aliphatic hydroxyl groups is 1. The first kappa shape index (κ1) is 25.2. The van der Waals surface area contributed by atoms with E-state index in [1.165, 1.54) is 4.90 Å². The SMILES string of the molecule is COc1cccc(C2/C(=C(/O)c3ccc4c(c3)OCCO4)C(=O)C(=O)N2Cc2cccc(OC(C)C)c2)c1. The number of amides is 1. The number of carbonyl (C=O) groups excluding carboxylic acids is 2. The second kappa shape index (κ2) is 10.5. The summed E-state index contributed by atoms with van der Waals surface area (Å²) in [5.74, 6) is 0.512. The van der Waals surface area contributed by atoms with Crippen LogP contribution in [-0.2, 0) is 16.1 Å². The number of Topliss-reactive ketones (excluding diaryl/α,β-unsaturated/α-hetero) is 1. The molecule has 0 radical (unpaired) electrons. The van der Waals surface area contributed by atoms with Gasteiger partial charge in [-0.15, -0.1) is 0 Å². The molecule has 3 aromatic carbocycles. The molecule has 3 aromatic rings. The topological polar surface area (TPSA) is 94.5 Å². The van der Waals surface area contributed by atoms with Crippen molar-refractivity contribution in [1.29, 1.82) is 0 Å². The highest BCUT2D eigenvalue weighted by Crippen LogP contribution is 2.42. The van der Waals surface area contributed by atoms with Gasteiger partial charge >= 0.3 is 0 Å². The van der Waals surface area contributed by atoms with E-state index >= 15 is 0 Å². The number of fused-ring (bicyclic) bond motifs is 1. The average Bonchev–Trinajstić information content (AvgIpc) is 3.17.